The third-order valence-electron chi connectivity index (χ3n) is 5.40. The van der Waals surface area contributed by atoms with Crippen LogP contribution in [0.25, 0.3) is 6.08 Å². The fourth-order valence-electron chi connectivity index (χ4n) is 3.30. The summed E-state index contributed by atoms with van der Waals surface area (Å²) in [4.78, 5) is 30.2. The molecule has 2 heterocycles. The van der Waals surface area contributed by atoms with Gasteiger partial charge in [0.15, 0.2) is 11.5 Å². The number of nitrogens with zero attached hydrogens (tertiary/aromatic N) is 3. The number of sulfone groups is 1. The molecule has 0 saturated heterocycles. The first-order valence-corrected chi connectivity index (χ1v) is 13.2. The largest absolute Gasteiger partial charge is 0.497 e. The third kappa shape index (κ3) is 5.00. The number of hydrogen-bond donors (Lipinski definition) is 1. The van der Waals surface area contributed by atoms with Gasteiger partial charge in [-0.1, -0.05) is 6.07 Å². The molecule has 1 N–H and O–H groups in total. The van der Waals surface area contributed by atoms with E-state index in [-0.39, 0.29) is 33.2 Å². The van der Waals surface area contributed by atoms with Crippen molar-refractivity contribution in [3.05, 3.63) is 59.2 Å². The Morgan fingerprint density at radius 3 is 2.41 bits per heavy atom. The summed E-state index contributed by atoms with van der Waals surface area (Å²) >= 11 is 0.729. The molecule has 1 amide bonds. The summed E-state index contributed by atoms with van der Waals surface area (Å²) in [5, 5.41) is 7.44. The number of aliphatic imine (C=N–C) groups is 1. The lowest BCUT2D eigenvalue weighted by Gasteiger charge is -2.25. The maximum atomic E-state index is 12.7. The van der Waals surface area contributed by atoms with Crippen molar-refractivity contribution in [1.82, 2.24) is 4.90 Å². The molecule has 2 aromatic rings. The van der Waals surface area contributed by atoms with E-state index < -0.39 is 27.0 Å². The van der Waals surface area contributed by atoms with E-state index in [0.29, 0.717) is 16.9 Å². The molecule has 2 aromatic carbocycles. The molecule has 0 radical (unpaired) electrons. The number of carbonyl (C=O) groups is 2. The topological polar surface area (TPSA) is 148 Å². The molecule has 2 aliphatic rings. The predicted molar refractivity (Wildman–Crippen MR) is 140 cm³/mol. The van der Waals surface area contributed by atoms with Gasteiger partial charge in [0.25, 0.3) is 5.91 Å². The van der Waals surface area contributed by atoms with Crippen LogP contribution in [0.1, 0.15) is 29.8 Å². The Morgan fingerprint density at radius 2 is 1.78 bits per heavy atom. The van der Waals surface area contributed by atoms with Gasteiger partial charge >= 0.3 is 5.97 Å². The Hall–Kier alpha value is -3.97. The number of benzene rings is 2. The average molecular weight is 543 g/mol. The SMILES string of the molecule is COc1ccc(C(=O)Oc2ccc(/C=C3/C(=N)N4C(=NC3=O)SN=C4S(=O)(=O)C(C)C)cc2OC)cc1. The zero-order valence-electron chi connectivity index (χ0n) is 20.2. The van der Waals surface area contributed by atoms with E-state index in [0.717, 1.165) is 16.8 Å². The second-order valence-electron chi connectivity index (χ2n) is 8.03. The van der Waals surface area contributed by atoms with Gasteiger partial charge in [-0.3, -0.25) is 10.2 Å². The smallest absolute Gasteiger partial charge is 0.343 e. The average Bonchev–Trinajstić information content (AvgIpc) is 3.31. The first-order chi connectivity index (χ1) is 17.6. The minimum absolute atomic E-state index is 0.00440. The number of carbonyl (C=O) groups excluding carboxylic acids is 2. The summed E-state index contributed by atoms with van der Waals surface area (Å²) < 4.78 is 45.3. The van der Waals surface area contributed by atoms with Gasteiger partial charge in [-0.25, -0.2) is 18.1 Å². The molecule has 0 spiro atoms. The molecule has 4 rings (SSSR count). The van der Waals surface area contributed by atoms with Gasteiger partial charge in [0.1, 0.15) is 11.6 Å². The van der Waals surface area contributed by atoms with E-state index in [1.54, 1.807) is 30.3 Å². The number of nitrogens with one attached hydrogen (secondary N) is 1. The molecule has 0 fully saturated rings. The van der Waals surface area contributed by atoms with Crippen LogP contribution in [0, 0.1) is 5.41 Å². The lowest BCUT2D eigenvalue weighted by atomic mass is 10.1. The van der Waals surface area contributed by atoms with Gasteiger partial charge in [-0.15, -0.1) is 0 Å². The summed E-state index contributed by atoms with van der Waals surface area (Å²) in [7, 11) is -0.917. The van der Waals surface area contributed by atoms with Crippen molar-refractivity contribution in [2.75, 3.05) is 14.2 Å². The van der Waals surface area contributed by atoms with Crippen LogP contribution >= 0.6 is 11.9 Å². The van der Waals surface area contributed by atoms with Gasteiger partial charge in [0.2, 0.25) is 20.2 Å². The molecule has 0 aliphatic carbocycles. The molecule has 0 aromatic heterocycles. The molecule has 0 saturated carbocycles. The molecule has 0 atom stereocenters. The zero-order chi connectivity index (χ0) is 26.9. The molecule has 37 heavy (non-hydrogen) atoms. The summed E-state index contributed by atoms with van der Waals surface area (Å²) in [5.74, 6) is -0.741. The van der Waals surface area contributed by atoms with E-state index in [1.807, 2.05) is 0 Å². The van der Waals surface area contributed by atoms with Crippen LogP contribution in [-0.4, -0.2) is 60.8 Å². The molecular weight excluding hydrogens is 520 g/mol. The van der Waals surface area contributed by atoms with Gasteiger partial charge in [-0.2, -0.15) is 9.39 Å². The van der Waals surface area contributed by atoms with Crippen molar-refractivity contribution in [3.8, 4) is 17.2 Å². The summed E-state index contributed by atoms with van der Waals surface area (Å²) in [5.41, 5.74) is 0.606. The number of methoxy groups -OCH3 is 2. The molecular formula is C24H22N4O7S2. The van der Waals surface area contributed by atoms with Gasteiger partial charge in [0.05, 0.1) is 42.6 Å². The number of amides is 1. The fraction of sp³-hybridized carbons (Fsp3) is 0.208. The highest BCUT2D eigenvalue weighted by atomic mass is 32.2. The highest BCUT2D eigenvalue weighted by Crippen LogP contribution is 2.33. The Kier molecular flexibility index (Phi) is 7.18. The van der Waals surface area contributed by atoms with Crippen LogP contribution in [0.4, 0.5) is 0 Å². The van der Waals surface area contributed by atoms with Crippen LogP contribution < -0.4 is 14.2 Å². The highest BCUT2D eigenvalue weighted by Gasteiger charge is 2.43. The number of esters is 1. The number of fused-ring (bicyclic) bond motifs is 1. The first kappa shape index (κ1) is 26.1. The van der Waals surface area contributed by atoms with Crippen molar-refractivity contribution < 1.29 is 32.2 Å². The van der Waals surface area contributed by atoms with E-state index in [4.69, 9.17) is 19.6 Å². The van der Waals surface area contributed by atoms with Crippen LogP contribution in [-0.2, 0) is 14.6 Å². The first-order valence-electron chi connectivity index (χ1n) is 10.8. The van der Waals surface area contributed by atoms with Crippen molar-refractivity contribution in [2.45, 2.75) is 19.1 Å². The molecule has 13 heteroatoms. The maximum Gasteiger partial charge on any atom is 0.343 e. The summed E-state index contributed by atoms with van der Waals surface area (Å²) in [6.45, 7) is 3.00. The zero-order valence-corrected chi connectivity index (χ0v) is 21.8. The standard InChI is InChI=1S/C24H22N4O7S2/c1-13(2)37(31,32)24-27-36-23-26-21(29)17(20(25)28(23)24)11-14-5-10-18(19(12-14)34-4)35-22(30)15-6-8-16(33-3)9-7-15/h5-13,25H,1-4H3/b17-11-,25-20?. The number of amidine groups is 3. The van der Waals surface area contributed by atoms with Crippen molar-refractivity contribution >= 4 is 55.9 Å². The van der Waals surface area contributed by atoms with Crippen molar-refractivity contribution in [1.29, 1.82) is 5.41 Å². The molecule has 11 nitrogen and oxygen atoms in total. The van der Waals surface area contributed by atoms with E-state index in [9.17, 15) is 18.0 Å². The Morgan fingerprint density at radius 1 is 1.08 bits per heavy atom. The van der Waals surface area contributed by atoms with Crippen LogP contribution in [0.5, 0.6) is 17.2 Å². The minimum atomic E-state index is -3.83. The van der Waals surface area contributed by atoms with E-state index >= 15 is 0 Å². The lowest BCUT2D eigenvalue weighted by Crippen LogP contribution is -2.46. The Bertz CT molecular complexity index is 1490. The van der Waals surface area contributed by atoms with Crippen molar-refractivity contribution in [3.63, 3.8) is 0 Å². The lowest BCUT2D eigenvalue weighted by molar-refractivity contribution is -0.114. The van der Waals surface area contributed by atoms with E-state index in [2.05, 4.69) is 9.39 Å². The summed E-state index contributed by atoms with van der Waals surface area (Å²) in [6, 6.07) is 11.0. The maximum absolute atomic E-state index is 12.7. The molecule has 192 valence electrons. The highest BCUT2D eigenvalue weighted by molar-refractivity contribution is 8.16. The number of rotatable bonds is 6. The van der Waals surface area contributed by atoms with Gasteiger partial charge in [-0.05, 0) is 61.9 Å². The second-order valence-corrected chi connectivity index (χ2v) is 11.2. The number of hydrogen-bond acceptors (Lipinski definition) is 10. The molecule has 0 bridgehead atoms. The van der Waals surface area contributed by atoms with Gasteiger partial charge < -0.3 is 14.2 Å². The van der Waals surface area contributed by atoms with Crippen LogP contribution in [0.15, 0.2) is 57.4 Å². The Labute approximate surface area is 217 Å². The predicted octanol–water partition coefficient (Wildman–Crippen LogP) is 3.32. The Balaban J connectivity index is 1.61. The minimum Gasteiger partial charge on any atom is -0.497 e. The second kappa shape index (κ2) is 10.2. The van der Waals surface area contributed by atoms with Crippen LogP contribution in [0.3, 0.4) is 0 Å². The monoisotopic (exact) mass is 542 g/mol. The molecule has 2 aliphatic heterocycles. The normalized spacial score (nSPS) is 16.5. The summed E-state index contributed by atoms with van der Waals surface area (Å²) in [6.07, 6.45) is 1.38. The number of ether oxygens (including phenoxy) is 3. The fourth-order valence-corrected chi connectivity index (χ4v) is 5.37. The van der Waals surface area contributed by atoms with E-state index in [1.165, 1.54) is 46.3 Å². The van der Waals surface area contributed by atoms with Crippen molar-refractivity contribution in [2.24, 2.45) is 9.39 Å². The molecule has 0 unspecified atom stereocenters. The quantitative estimate of drug-likeness (QED) is 0.251. The van der Waals surface area contributed by atoms with Gasteiger partial charge in [0, 0.05) is 0 Å². The third-order valence-corrected chi connectivity index (χ3v) is 8.24. The van der Waals surface area contributed by atoms with Crippen LogP contribution in [0.2, 0.25) is 0 Å².